The number of ether oxygens (including phenoxy) is 1. The highest BCUT2D eigenvalue weighted by atomic mass is 32.2. The summed E-state index contributed by atoms with van der Waals surface area (Å²) in [6.45, 7) is 4.53. The van der Waals surface area contributed by atoms with Crippen molar-refractivity contribution in [2.24, 2.45) is 0 Å². The molecule has 0 aromatic carbocycles. The zero-order valence-corrected chi connectivity index (χ0v) is 5.75. The van der Waals surface area contributed by atoms with Gasteiger partial charge >= 0.3 is 5.30 Å². The van der Waals surface area contributed by atoms with Crippen molar-refractivity contribution in [3.8, 4) is 0 Å². The molecule has 1 rings (SSSR count). The van der Waals surface area contributed by atoms with Crippen LogP contribution in [0.4, 0.5) is 4.79 Å². The molecule has 0 amide bonds. The van der Waals surface area contributed by atoms with Crippen molar-refractivity contribution >= 4 is 17.1 Å². The van der Waals surface area contributed by atoms with Crippen LogP contribution in [0.3, 0.4) is 0 Å². The number of carbonyl (C=O) groups excluding carboxylic acids is 1. The monoisotopic (exact) mass is 132 g/mol. The number of cyclic esters (lactones) is 1. The molecule has 0 N–H and O–H groups in total. The van der Waals surface area contributed by atoms with Gasteiger partial charge in [-0.05, 0) is 25.6 Å². The summed E-state index contributed by atoms with van der Waals surface area (Å²) >= 11 is 1.26. The van der Waals surface area contributed by atoms with Gasteiger partial charge in [-0.25, -0.2) is 4.79 Å². The normalized spacial score (nSPS) is 25.5. The quantitative estimate of drug-likeness (QED) is 0.469. The molecule has 8 heavy (non-hydrogen) atoms. The summed E-state index contributed by atoms with van der Waals surface area (Å²) < 4.78 is 4.70. The summed E-state index contributed by atoms with van der Waals surface area (Å²) in [7, 11) is 0. The van der Waals surface area contributed by atoms with Crippen LogP contribution in [0, 0.1) is 0 Å². The molecule has 0 aliphatic carbocycles. The Morgan fingerprint density at radius 3 is 2.50 bits per heavy atom. The van der Waals surface area contributed by atoms with Crippen LogP contribution in [0.1, 0.15) is 13.8 Å². The lowest BCUT2D eigenvalue weighted by atomic mass is 10.2. The Kier molecular flexibility index (Phi) is 1.23. The summed E-state index contributed by atoms with van der Waals surface area (Å²) in [5.41, 5.74) is 0. The molecule has 0 atom stereocenters. The van der Waals surface area contributed by atoms with Crippen molar-refractivity contribution in [1.29, 1.82) is 0 Å². The zero-order valence-electron chi connectivity index (χ0n) is 4.93. The zero-order chi connectivity index (χ0) is 6.20. The SMILES string of the molecule is CC1(C)COC(=O)S1. The third-order valence-corrected chi connectivity index (χ3v) is 1.85. The lowest BCUT2D eigenvalue weighted by molar-refractivity contribution is 0.177. The average molecular weight is 132 g/mol. The van der Waals surface area contributed by atoms with E-state index in [0.717, 1.165) is 0 Å². The van der Waals surface area contributed by atoms with E-state index in [1.165, 1.54) is 11.8 Å². The van der Waals surface area contributed by atoms with E-state index < -0.39 is 0 Å². The van der Waals surface area contributed by atoms with Gasteiger partial charge in [0.25, 0.3) is 0 Å². The van der Waals surface area contributed by atoms with E-state index in [1.54, 1.807) is 0 Å². The van der Waals surface area contributed by atoms with Crippen LogP contribution in [0.15, 0.2) is 0 Å². The molecule has 0 unspecified atom stereocenters. The largest absolute Gasteiger partial charge is 0.456 e. The molecule has 1 saturated heterocycles. The Morgan fingerprint density at radius 1 is 1.75 bits per heavy atom. The summed E-state index contributed by atoms with van der Waals surface area (Å²) in [5.74, 6) is 0. The first-order valence-electron chi connectivity index (χ1n) is 2.46. The van der Waals surface area contributed by atoms with Gasteiger partial charge in [0.2, 0.25) is 0 Å². The Labute approximate surface area is 52.6 Å². The van der Waals surface area contributed by atoms with Crippen LogP contribution in [-0.4, -0.2) is 16.7 Å². The van der Waals surface area contributed by atoms with Gasteiger partial charge in [-0.2, -0.15) is 0 Å². The second kappa shape index (κ2) is 1.65. The highest BCUT2D eigenvalue weighted by Crippen LogP contribution is 2.32. The first kappa shape index (κ1) is 5.95. The second-order valence-corrected chi connectivity index (χ2v) is 4.04. The maximum atomic E-state index is 10.4. The molecule has 2 nitrogen and oxygen atoms in total. The first-order chi connectivity index (χ1) is 3.60. The van der Waals surface area contributed by atoms with Crippen molar-refractivity contribution in [1.82, 2.24) is 0 Å². The fourth-order valence-corrected chi connectivity index (χ4v) is 1.20. The van der Waals surface area contributed by atoms with E-state index in [-0.39, 0.29) is 10.0 Å². The van der Waals surface area contributed by atoms with Crippen LogP contribution in [0.25, 0.3) is 0 Å². The standard InChI is InChI=1S/C5H8O2S/c1-5(2)3-7-4(6)8-5/h3H2,1-2H3. The lowest BCUT2D eigenvalue weighted by Gasteiger charge is -2.07. The maximum absolute atomic E-state index is 10.4. The van der Waals surface area contributed by atoms with E-state index in [1.807, 2.05) is 13.8 Å². The Bertz CT molecular complexity index is 120. The minimum atomic E-state index is -0.144. The Hall–Kier alpha value is -0.180. The third kappa shape index (κ3) is 1.15. The molecule has 0 spiro atoms. The van der Waals surface area contributed by atoms with E-state index in [4.69, 9.17) is 4.74 Å². The molecule has 0 bridgehead atoms. The molecule has 1 aliphatic rings. The van der Waals surface area contributed by atoms with Crippen LogP contribution >= 0.6 is 11.8 Å². The van der Waals surface area contributed by atoms with Gasteiger partial charge in [0.05, 0.1) is 4.75 Å². The van der Waals surface area contributed by atoms with Crippen LogP contribution in [0.2, 0.25) is 0 Å². The minimum Gasteiger partial charge on any atom is -0.456 e. The molecule has 0 radical (unpaired) electrons. The molecule has 1 heterocycles. The van der Waals surface area contributed by atoms with Crippen molar-refractivity contribution in [2.45, 2.75) is 18.6 Å². The van der Waals surface area contributed by atoms with Gasteiger partial charge in [0, 0.05) is 0 Å². The van der Waals surface area contributed by atoms with Crippen molar-refractivity contribution in [3.63, 3.8) is 0 Å². The molecule has 0 aromatic heterocycles. The minimum absolute atomic E-state index is 0.0110. The topological polar surface area (TPSA) is 26.3 Å². The fourth-order valence-electron chi connectivity index (χ4n) is 0.517. The summed E-state index contributed by atoms with van der Waals surface area (Å²) in [6, 6.07) is 0. The van der Waals surface area contributed by atoms with Gasteiger partial charge in [0.1, 0.15) is 6.61 Å². The second-order valence-electron chi connectivity index (χ2n) is 2.40. The molecule has 0 aromatic rings. The smallest absolute Gasteiger partial charge is 0.367 e. The maximum Gasteiger partial charge on any atom is 0.367 e. The predicted octanol–water partition coefficient (Wildman–Crippen LogP) is 1.65. The van der Waals surface area contributed by atoms with Crippen molar-refractivity contribution in [2.75, 3.05) is 6.61 Å². The van der Waals surface area contributed by atoms with E-state index in [9.17, 15) is 4.79 Å². The lowest BCUT2D eigenvalue weighted by Crippen LogP contribution is -2.13. The number of hydrogen-bond acceptors (Lipinski definition) is 3. The highest BCUT2D eigenvalue weighted by molar-refractivity contribution is 8.14. The summed E-state index contributed by atoms with van der Waals surface area (Å²) in [6.07, 6.45) is 0. The summed E-state index contributed by atoms with van der Waals surface area (Å²) in [4.78, 5) is 10.4. The third-order valence-electron chi connectivity index (χ3n) is 0.897. The average Bonchev–Trinajstić information content (AvgIpc) is 1.82. The van der Waals surface area contributed by atoms with Crippen LogP contribution in [0.5, 0.6) is 0 Å². The predicted molar refractivity (Wildman–Crippen MR) is 33.0 cm³/mol. The molecule has 46 valence electrons. The van der Waals surface area contributed by atoms with Crippen molar-refractivity contribution < 1.29 is 9.53 Å². The van der Waals surface area contributed by atoms with Crippen LogP contribution < -0.4 is 0 Å². The molecule has 3 heteroatoms. The fraction of sp³-hybridized carbons (Fsp3) is 0.800. The van der Waals surface area contributed by atoms with Crippen molar-refractivity contribution in [3.05, 3.63) is 0 Å². The molecule has 1 aliphatic heterocycles. The molecular formula is C5H8O2S. The number of rotatable bonds is 0. The van der Waals surface area contributed by atoms with Gasteiger partial charge in [0.15, 0.2) is 0 Å². The Morgan fingerprint density at radius 2 is 2.38 bits per heavy atom. The number of thioether (sulfide) groups is 1. The Balaban J connectivity index is 2.56. The van der Waals surface area contributed by atoms with Crippen LogP contribution in [-0.2, 0) is 4.74 Å². The van der Waals surface area contributed by atoms with Gasteiger partial charge in [-0.3, -0.25) is 0 Å². The van der Waals surface area contributed by atoms with Gasteiger partial charge in [-0.1, -0.05) is 0 Å². The number of hydrogen-bond donors (Lipinski definition) is 0. The van der Waals surface area contributed by atoms with Gasteiger partial charge in [-0.15, -0.1) is 0 Å². The van der Waals surface area contributed by atoms with Gasteiger partial charge < -0.3 is 4.74 Å². The summed E-state index contributed by atoms with van der Waals surface area (Å²) in [5, 5.41) is -0.144. The van der Waals surface area contributed by atoms with E-state index >= 15 is 0 Å². The highest BCUT2D eigenvalue weighted by Gasteiger charge is 2.31. The number of carbonyl (C=O) groups is 1. The first-order valence-corrected chi connectivity index (χ1v) is 3.28. The molecule has 1 fully saturated rings. The molecule has 0 saturated carbocycles. The van der Waals surface area contributed by atoms with E-state index in [2.05, 4.69) is 0 Å². The van der Waals surface area contributed by atoms with E-state index in [0.29, 0.717) is 6.61 Å². The molecular weight excluding hydrogens is 124 g/mol.